The highest BCUT2D eigenvalue weighted by atomic mass is 32.2. The van der Waals surface area contributed by atoms with Crippen LogP contribution in [0.4, 0.5) is 8.78 Å². The third kappa shape index (κ3) is 5.00. The molecule has 0 fully saturated rings. The van der Waals surface area contributed by atoms with E-state index in [2.05, 4.69) is 16.4 Å². The molecule has 0 aliphatic carbocycles. The van der Waals surface area contributed by atoms with Gasteiger partial charge in [0, 0.05) is 29.7 Å². The number of halogens is 2. The molecule has 1 atom stereocenters. The second-order valence-corrected chi connectivity index (χ2v) is 7.45. The highest BCUT2D eigenvalue weighted by Gasteiger charge is 2.19. The standard InChI is InChI=1S/C21H18F2N4OS/c1-13-7-14(2)9-16(8-13)27-6-5-25-21(27)29-12-20(28)26-19(11-24)17-4-3-15(22)10-18(17)23/h3-10,19H,12H2,1-2H3,(H,26,28). The molecular formula is C21H18F2N4OS. The van der Waals surface area contributed by atoms with Gasteiger partial charge in [-0.05, 0) is 43.2 Å². The number of nitrogens with one attached hydrogen (secondary N) is 1. The number of hydrogen-bond acceptors (Lipinski definition) is 4. The molecule has 0 aliphatic heterocycles. The summed E-state index contributed by atoms with van der Waals surface area (Å²) in [4.78, 5) is 16.6. The van der Waals surface area contributed by atoms with Gasteiger partial charge in [-0.1, -0.05) is 23.9 Å². The van der Waals surface area contributed by atoms with E-state index in [1.165, 1.54) is 11.8 Å². The van der Waals surface area contributed by atoms with Gasteiger partial charge in [0.2, 0.25) is 5.91 Å². The van der Waals surface area contributed by atoms with Gasteiger partial charge in [-0.3, -0.25) is 9.36 Å². The number of nitrogens with zero attached hydrogens (tertiary/aromatic N) is 3. The van der Waals surface area contributed by atoms with Crippen molar-refractivity contribution >= 4 is 17.7 Å². The fraction of sp³-hybridized carbons (Fsp3) is 0.190. The Balaban J connectivity index is 1.68. The fourth-order valence-corrected chi connectivity index (χ4v) is 3.71. The number of imidazole rings is 1. The van der Waals surface area contributed by atoms with Crippen molar-refractivity contribution in [3.8, 4) is 11.8 Å². The minimum Gasteiger partial charge on any atom is -0.336 e. The van der Waals surface area contributed by atoms with E-state index in [1.54, 1.807) is 12.4 Å². The molecule has 0 radical (unpaired) electrons. The van der Waals surface area contributed by atoms with Crippen molar-refractivity contribution in [1.82, 2.24) is 14.9 Å². The van der Waals surface area contributed by atoms with Crippen LogP contribution in [0.15, 0.2) is 53.9 Å². The van der Waals surface area contributed by atoms with Crippen molar-refractivity contribution in [1.29, 1.82) is 5.26 Å². The molecule has 8 heteroatoms. The van der Waals surface area contributed by atoms with E-state index in [0.29, 0.717) is 11.2 Å². The quantitative estimate of drug-likeness (QED) is 0.615. The van der Waals surface area contributed by atoms with Crippen LogP contribution in [-0.4, -0.2) is 21.2 Å². The van der Waals surface area contributed by atoms with E-state index in [1.807, 2.05) is 36.6 Å². The van der Waals surface area contributed by atoms with Gasteiger partial charge in [0.25, 0.3) is 0 Å². The molecule has 1 heterocycles. The molecule has 3 rings (SSSR count). The summed E-state index contributed by atoms with van der Waals surface area (Å²) < 4.78 is 28.8. The Morgan fingerprint density at radius 2 is 1.97 bits per heavy atom. The van der Waals surface area contributed by atoms with Gasteiger partial charge in [0.15, 0.2) is 5.16 Å². The molecule has 1 unspecified atom stereocenters. The van der Waals surface area contributed by atoms with E-state index in [0.717, 1.165) is 28.9 Å². The van der Waals surface area contributed by atoms with Gasteiger partial charge in [-0.2, -0.15) is 5.26 Å². The molecular weight excluding hydrogens is 394 g/mol. The molecule has 0 aliphatic rings. The normalized spacial score (nSPS) is 11.7. The number of nitriles is 1. The minimum atomic E-state index is -1.21. The third-order valence-corrected chi connectivity index (χ3v) is 5.10. The van der Waals surface area contributed by atoms with E-state index in [-0.39, 0.29) is 11.3 Å². The van der Waals surface area contributed by atoms with Crippen LogP contribution in [0.2, 0.25) is 0 Å². The van der Waals surface area contributed by atoms with Crippen LogP contribution in [0.25, 0.3) is 5.69 Å². The Bertz CT molecular complexity index is 1070. The second-order valence-electron chi connectivity index (χ2n) is 6.51. The molecule has 2 aromatic carbocycles. The lowest BCUT2D eigenvalue weighted by Crippen LogP contribution is -2.29. The summed E-state index contributed by atoms with van der Waals surface area (Å²) in [7, 11) is 0. The van der Waals surface area contributed by atoms with Crippen LogP contribution >= 0.6 is 11.8 Å². The molecule has 0 saturated carbocycles. The van der Waals surface area contributed by atoms with Crippen LogP contribution in [0, 0.1) is 36.8 Å². The molecule has 0 saturated heterocycles. The lowest BCUT2D eigenvalue weighted by atomic mass is 10.1. The zero-order chi connectivity index (χ0) is 21.0. The van der Waals surface area contributed by atoms with Crippen molar-refractivity contribution in [3.05, 3.63) is 77.1 Å². The van der Waals surface area contributed by atoms with Crippen LogP contribution in [0.5, 0.6) is 0 Å². The maximum absolute atomic E-state index is 13.9. The summed E-state index contributed by atoms with van der Waals surface area (Å²) in [5.41, 5.74) is 3.08. The van der Waals surface area contributed by atoms with Crippen LogP contribution in [0.1, 0.15) is 22.7 Å². The van der Waals surface area contributed by atoms with Gasteiger partial charge in [0.1, 0.15) is 17.7 Å². The first kappa shape index (κ1) is 20.6. The minimum absolute atomic E-state index is 0.0111. The second kappa shape index (κ2) is 8.88. The maximum atomic E-state index is 13.9. The average molecular weight is 412 g/mol. The number of carbonyl (C=O) groups is 1. The molecule has 29 heavy (non-hydrogen) atoms. The number of carbonyl (C=O) groups excluding carboxylic acids is 1. The molecule has 3 aromatic rings. The average Bonchev–Trinajstić information content (AvgIpc) is 3.13. The Morgan fingerprint density at radius 1 is 1.24 bits per heavy atom. The lowest BCUT2D eigenvalue weighted by molar-refractivity contribution is -0.118. The molecule has 5 nitrogen and oxygen atoms in total. The molecule has 1 N–H and O–H groups in total. The van der Waals surface area contributed by atoms with E-state index >= 15 is 0 Å². The first-order valence-corrected chi connectivity index (χ1v) is 9.74. The van der Waals surface area contributed by atoms with Gasteiger partial charge in [-0.15, -0.1) is 0 Å². The molecule has 0 spiro atoms. The summed E-state index contributed by atoms with van der Waals surface area (Å²) in [6.45, 7) is 4.01. The highest BCUT2D eigenvalue weighted by Crippen LogP contribution is 2.23. The zero-order valence-electron chi connectivity index (χ0n) is 15.8. The number of aromatic nitrogens is 2. The fourth-order valence-electron chi connectivity index (χ4n) is 2.93. The number of amides is 1. The monoisotopic (exact) mass is 412 g/mol. The van der Waals surface area contributed by atoms with Crippen LogP contribution < -0.4 is 5.32 Å². The largest absolute Gasteiger partial charge is 0.336 e. The van der Waals surface area contributed by atoms with Crippen molar-refractivity contribution in [2.75, 3.05) is 5.75 Å². The van der Waals surface area contributed by atoms with E-state index in [4.69, 9.17) is 0 Å². The Morgan fingerprint density at radius 3 is 2.62 bits per heavy atom. The first-order valence-electron chi connectivity index (χ1n) is 8.76. The topological polar surface area (TPSA) is 70.7 Å². The first-order chi connectivity index (χ1) is 13.9. The van der Waals surface area contributed by atoms with Crippen LogP contribution in [0.3, 0.4) is 0 Å². The zero-order valence-corrected chi connectivity index (χ0v) is 16.6. The van der Waals surface area contributed by atoms with Gasteiger partial charge in [-0.25, -0.2) is 13.8 Å². The van der Waals surface area contributed by atoms with Crippen molar-refractivity contribution in [3.63, 3.8) is 0 Å². The van der Waals surface area contributed by atoms with E-state index < -0.39 is 23.6 Å². The van der Waals surface area contributed by atoms with Gasteiger partial charge >= 0.3 is 0 Å². The number of benzene rings is 2. The molecule has 148 valence electrons. The highest BCUT2D eigenvalue weighted by molar-refractivity contribution is 7.99. The summed E-state index contributed by atoms with van der Waals surface area (Å²) in [5.74, 6) is -2.10. The summed E-state index contributed by atoms with van der Waals surface area (Å²) in [6, 6.07) is 9.60. The van der Waals surface area contributed by atoms with Crippen molar-refractivity contribution in [2.45, 2.75) is 25.0 Å². The summed E-state index contributed by atoms with van der Waals surface area (Å²) in [6.07, 6.45) is 3.45. The van der Waals surface area contributed by atoms with Crippen molar-refractivity contribution < 1.29 is 13.6 Å². The van der Waals surface area contributed by atoms with Gasteiger partial charge in [0.05, 0.1) is 11.8 Å². The Kier molecular flexibility index (Phi) is 6.29. The number of rotatable bonds is 6. The third-order valence-electron chi connectivity index (χ3n) is 4.13. The molecule has 1 aromatic heterocycles. The Labute approximate surface area is 171 Å². The summed E-state index contributed by atoms with van der Waals surface area (Å²) in [5, 5.41) is 12.4. The number of aryl methyl sites for hydroxylation is 2. The predicted molar refractivity (Wildman–Crippen MR) is 107 cm³/mol. The smallest absolute Gasteiger partial charge is 0.231 e. The molecule has 1 amide bonds. The van der Waals surface area contributed by atoms with Crippen molar-refractivity contribution in [2.24, 2.45) is 0 Å². The maximum Gasteiger partial charge on any atom is 0.231 e. The lowest BCUT2D eigenvalue weighted by Gasteiger charge is -2.13. The SMILES string of the molecule is Cc1cc(C)cc(-n2ccnc2SCC(=O)NC(C#N)c2ccc(F)cc2F)c1. The van der Waals surface area contributed by atoms with E-state index in [9.17, 15) is 18.8 Å². The Hall–Kier alpha value is -3.18. The number of hydrogen-bond donors (Lipinski definition) is 1. The predicted octanol–water partition coefficient (Wildman–Crippen LogP) is 4.24. The van der Waals surface area contributed by atoms with Crippen LogP contribution in [-0.2, 0) is 4.79 Å². The summed E-state index contributed by atoms with van der Waals surface area (Å²) >= 11 is 1.20. The van der Waals surface area contributed by atoms with Gasteiger partial charge < -0.3 is 5.32 Å². The molecule has 0 bridgehead atoms. The number of thioether (sulfide) groups is 1.